The second-order valence-electron chi connectivity index (χ2n) is 7.07. The van der Waals surface area contributed by atoms with Crippen LogP contribution in [0, 0.1) is 12.8 Å². The third kappa shape index (κ3) is 3.84. The Balaban J connectivity index is 1.37. The molecular weight excluding hydrogens is 326 g/mol. The molecule has 1 N–H and O–H groups in total. The summed E-state index contributed by atoms with van der Waals surface area (Å²) in [5, 5.41) is 14.3. The van der Waals surface area contributed by atoms with Gasteiger partial charge in [-0.3, -0.25) is 9.88 Å². The van der Waals surface area contributed by atoms with Gasteiger partial charge in [0.2, 0.25) is 0 Å². The first kappa shape index (κ1) is 16.9. The van der Waals surface area contributed by atoms with Crippen LogP contribution in [-0.4, -0.2) is 39.3 Å². The van der Waals surface area contributed by atoms with Crippen LogP contribution in [0.4, 0.5) is 0 Å². The van der Waals surface area contributed by atoms with Crippen LogP contribution in [0.15, 0.2) is 59.3 Å². The molecule has 134 valence electrons. The number of aliphatic hydroxyl groups is 1. The zero-order chi connectivity index (χ0) is 17.9. The summed E-state index contributed by atoms with van der Waals surface area (Å²) >= 11 is 0. The summed E-state index contributed by atoms with van der Waals surface area (Å²) in [6.07, 6.45) is 2.22. The number of aryl methyl sites for hydroxylation is 1. The molecule has 3 aromatic rings. The van der Waals surface area contributed by atoms with Gasteiger partial charge in [-0.15, -0.1) is 0 Å². The fourth-order valence-electron chi connectivity index (χ4n) is 3.61. The van der Waals surface area contributed by atoms with Gasteiger partial charge in [0.25, 0.3) is 0 Å². The lowest BCUT2D eigenvalue weighted by molar-refractivity contribution is 0.137. The molecule has 0 spiro atoms. The number of β-amino-alcohol motifs (C(OH)–C–C–N with tert-alkyl or cyclic N) is 1. The van der Waals surface area contributed by atoms with Gasteiger partial charge in [0.1, 0.15) is 5.76 Å². The van der Waals surface area contributed by atoms with Gasteiger partial charge in [-0.05, 0) is 24.6 Å². The second-order valence-corrected chi connectivity index (χ2v) is 7.07. The van der Waals surface area contributed by atoms with E-state index in [4.69, 9.17) is 4.52 Å². The first-order chi connectivity index (χ1) is 12.7. The summed E-state index contributed by atoms with van der Waals surface area (Å²) < 4.78 is 5.30. The molecule has 0 radical (unpaired) electrons. The van der Waals surface area contributed by atoms with E-state index in [1.165, 1.54) is 5.56 Å². The summed E-state index contributed by atoms with van der Waals surface area (Å²) in [5.41, 5.74) is 4.23. The third-order valence-electron chi connectivity index (χ3n) is 4.94. The van der Waals surface area contributed by atoms with E-state index in [-0.39, 0.29) is 12.0 Å². The number of aromatic nitrogens is 2. The van der Waals surface area contributed by atoms with Crippen LogP contribution in [0.25, 0.3) is 11.3 Å². The molecule has 0 aliphatic carbocycles. The highest BCUT2D eigenvalue weighted by atomic mass is 16.5. The fourth-order valence-corrected chi connectivity index (χ4v) is 3.61. The number of benzene rings is 1. The number of pyridine rings is 1. The molecule has 26 heavy (non-hydrogen) atoms. The van der Waals surface area contributed by atoms with Crippen LogP contribution in [0.5, 0.6) is 0 Å². The van der Waals surface area contributed by atoms with E-state index in [1.54, 1.807) is 0 Å². The molecule has 0 unspecified atom stereocenters. The van der Waals surface area contributed by atoms with Crippen LogP contribution < -0.4 is 0 Å². The molecule has 2 aromatic heterocycles. The number of likely N-dealkylation sites (tertiary alicyclic amines) is 1. The standard InChI is InChI=1S/C21H23N3O2/c1-15-10-19(26-23-15)11-18-13-24(14-21(18)25)12-16-5-7-17(8-6-16)20-4-2-3-9-22-20/h2-10,18,21,25H,11-14H2,1H3/t18-,21+/m1/s1. The fraction of sp³-hybridized carbons (Fsp3) is 0.333. The maximum absolute atomic E-state index is 10.4. The van der Waals surface area contributed by atoms with E-state index in [0.29, 0.717) is 6.54 Å². The lowest BCUT2D eigenvalue weighted by Gasteiger charge is -2.15. The molecule has 0 saturated carbocycles. The maximum Gasteiger partial charge on any atom is 0.137 e. The van der Waals surface area contributed by atoms with Gasteiger partial charge in [-0.2, -0.15) is 0 Å². The predicted octanol–water partition coefficient (Wildman–Crippen LogP) is 3.08. The lowest BCUT2D eigenvalue weighted by Crippen LogP contribution is -2.21. The molecule has 1 aliphatic heterocycles. The smallest absolute Gasteiger partial charge is 0.137 e. The van der Waals surface area contributed by atoms with Crippen molar-refractivity contribution in [2.24, 2.45) is 5.92 Å². The van der Waals surface area contributed by atoms with Crippen molar-refractivity contribution >= 4 is 0 Å². The molecular formula is C21H23N3O2. The molecule has 3 heterocycles. The number of rotatable bonds is 5. The summed E-state index contributed by atoms with van der Waals surface area (Å²) in [6, 6.07) is 16.4. The number of hydrogen-bond donors (Lipinski definition) is 1. The Morgan fingerprint density at radius 1 is 1.15 bits per heavy atom. The molecule has 5 nitrogen and oxygen atoms in total. The van der Waals surface area contributed by atoms with Crippen LogP contribution >= 0.6 is 0 Å². The second kappa shape index (κ2) is 7.40. The molecule has 1 aromatic carbocycles. The number of aliphatic hydroxyl groups excluding tert-OH is 1. The normalized spacial score (nSPS) is 20.5. The molecule has 0 amide bonds. The largest absolute Gasteiger partial charge is 0.391 e. The summed E-state index contributed by atoms with van der Waals surface area (Å²) in [6.45, 7) is 4.31. The van der Waals surface area contributed by atoms with E-state index in [0.717, 1.165) is 42.2 Å². The first-order valence-electron chi connectivity index (χ1n) is 9.00. The zero-order valence-electron chi connectivity index (χ0n) is 14.9. The first-order valence-corrected chi connectivity index (χ1v) is 9.00. The Bertz CT molecular complexity index is 845. The summed E-state index contributed by atoms with van der Waals surface area (Å²) in [7, 11) is 0. The SMILES string of the molecule is Cc1cc(C[C@@H]2CN(Cc3ccc(-c4ccccn4)cc3)C[C@@H]2O)on1. The molecule has 2 atom stereocenters. The Morgan fingerprint density at radius 2 is 2.00 bits per heavy atom. The van der Waals surface area contributed by atoms with Gasteiger partial charge in [0.05, 0.1) is 17.5 Å². The monoisotopic (exact) mass is 349 g/mol. The topological polar surface area (TPSA) is 62.4 Å². The van der Waals surface area contributed by atoms with Crippen LogP contribution in [0.2, 0.25) is 0 Å². The summed E-state index contributed by atoms with van der Waals surface area (Å²) in [4.78, 5) is 6.69. The Morgan fingerprint density at radius 3 is 2.69 bits per heavy atom. The number of hydrogen-bond acceptors (Lipinski definition) is 5. The summed E-state index contributed by atoms with van der Waals surface area (Å²) in [5.74, 6) is 1.04. The maximum atomic E-state index is 10.4. The molecule has 5 heteroatoms. The lowest BCUT2D eigenvalue weighted by atomic mass is 10.0. The number of nitrogens with zero attached hydrogens (tertiary/aromatic N) is 3. The van der Waals surface area contributed by atoms with Crippen molar-refractivity contribution in [2.75, 3.05) is 13.1 Å². The van der Waals surface area contributed by atoms with Crippen molar-refractivity contribution < 1.29 is 9.63 Å². The van der Waals surface area contributed by atoms with Crippen molar-refractivity contribution in [3.8, 4) is 11.3 Å². The van der Waals surface area contributed by atoms with Gasteiger partial charge < -0.3 is 9.63 Å². The van der Waals surface area contributed by atoms with Gasteiger partial charge in [-0.25, -0.2) is 0 Å². The van der Waals surface area contributed by atoms with E-state index in [1.807, 2.05) is 37.4 Å². The van der Waals surface area contributed by atoms with Crippen molar-refractivity contribution in [3.63, 3.8) is 0 Å². The Hall–Kier alpha value is -2.50. The van der Waals surface area contributed by atoms with E-state index >= 15 is 0 Å². The molecule has 0 bridgehead atoms. The van der Waals surface area contributed by atoms with Crippen LogP contribution in [0.3, 0.4) is 0 Å². The molecule has 1 aliphatic rings. The Labute approximate surface area is 153 Å². The zero-order valence-corrected chi connectivity index (χ0v) is 14.9. The van der Waals surface area contributed by atoms with Crippen molar-refractivity contribution in [3.05, 3.63) is 71.7 Å². The average Bonchev–Trinajstić information content (AvgIpc) is 3.22. The predicted molar refractivity (Wildman–Crippen MR) is 99.4 cm³/mol. The minimum absolute atomic E-state index is 0.190. The van der Waals surface area contributed by atoms with Crippen LogP contribution in [-0.2, 0) is 13.0 Å². The molecule has 4 rings (SSSR count). The van der Waals surface area contributed by atoms with Gasteiger partial charge in [0, 0.05) is 49.8 Å². The minimum atomic E-state index is -0.326. The van der Waals surface area contributed by atoms with E-state index in [9.17, 15) is 5.11 Å². The van der Waals surface area contributed by atoms with E-state index < -0.39 is 0 Å². The molecule has 1 fully saturated rings. The Kier molecular flexibility index (Phi) is 4.82. The van der Waals surface area contributed by atoms with Crippen molar-refractivity contribution in [1.29, 1.82) is 0 Å². The minimum Gasteiger partial charge on any atom is -0.391 e. The van der Waals surface area contributed by atoms with Crippen LogP contribution in [0.1, 0.15) is 17.0 Å². The van der Waals surface area contributed by atoms with E-state index in [2.05, 4.69) is 39.3 Å². The van der Waals surface area contributed by atoms with Gasteiger partial charge in [-0.1, -0.05) is 35.5 Å². The average molecular weight is 349 g/mol. The highest BCUT2D eigenvalue weighted by molar-refractivity contribution is 5.58. The molecule has 1 saturated heterocycles. The highest BCUT2D eigenvalue weighted by Gasteiger charge is 2.32. The van der Waals surface area contributed by atoms with Gasteiger partial charge in [0.15, 0.2) is 0 Å². The van der Waals surface area contributed by atoms with Gasteiger partial charge >= 0.3 is 0 Å². The van der Waals surface area contributed by atoms with Crippen molar-refractivity contribution in [1.82, 2.24) is 15.0 Å². The van der Waals surface area contributed by atoms with Crippen molar-refractivity contribution in [2.45, 2.75) is 26.0 Å². The third-order valence-corrected chi connectivity index (χ3v) is 4.94. The quantitative estimate of drug-likeness (QED) is 0.767. The highest BCUT2D eigenvalue weighted by Crippen LogP contribution is 2.24.